The fourth-order valence-electron chi connectivity index (χ4n) is 2.43. The van der Waals surface area contributed by atoms with E-state index in [-0.39, 0.29) is 5.91 Å². The third kappa shape index (κ3) is 3.48. The number of pyridine rings is 1. The molecule has 0 spiro atoms. The Labute approximate surface area is 143 Å². The molecule has 0 unspecified atom stereocenters. The highest BCUT2D eigenvalue weighted by molar-refractivity contribution is 6.29. The predicted molar refractivity (Wildman–Crippen MR) is 85.5 cm³/mol. The molecule has 1 aliphatic heterocycles. The van der Waals surface area contributed by atoms with E-state index in [2.05, 4.69) is 15.3 Å². The number of rotatable bonds is 3. The Hall–Kier alpha value is -2.61. The van der Waals surface area contributed by atoms with Gasteiger partial charge >= 0.3 is 6.09 Å². The first kappa shape index (κ1) is 16.3. The number of imidazole rings is 1. The van der Waals surface area contributed by atoms with Crippen LogP contribution in [0.2, 0.25) is 5.15 Å². The minimum absolute atomic E-state index is 0.281. The molecule has 2 aromatic rings. The summed E-state index contributed by atoms with van der Waals surface area (Å²) in [5.74, 6) is 0.376. The Kier molecular flexibility index (Phi) is 4.66. The van der Waals surface area contributed by atoms with E-state index in [0.717, 1.165) is 5.56 Å². The highest BCUT2D eigenvalue weighted by Gasteiger charge is 2.24. The Morgan fingerprint density at radius 3 is 2.92 bits per heavy atom. The third-order valence-corrected chi connectivity index (χ3v) is 3.93. The molecule has 0 saturated carbocycles. The van der Waals surface area contributed by atoms with Crippen LogP contribution in [-0.4, -0.2) is 45.1 Å². The fourth-order valence-corrected chi connectivity index (χ4v) is 2.54. The van der Waals surface area contributed by atoms with E-state index in [1.807, 2.05) is 4.57 Å². The average molecular weight is 350 g/mol. The Balaban J connectivity index is 1.63. The Morgan fingerprint density at radius 1 is 1.38 bits per heavy atom. The SMILES string of the molecule is COC(=O)N1CCn2cc(C(=O)NCc3ccc(Cl)nc3)nc2C1. The molecule has 2 aromatic heterocycles. The van der Waals surface area contributed by atoms with Gasteiger partial charge in [-0.3, -0.25) is 9.69 Å². The van der Waals surface area contributed by atoms with E-state index in [1.54, 1.807) is 29.4 Å². The van der Waals surface area contributed by atoms with Crippen LogP contribution in [0, 0.1) is 0 Å². The number of aromatic nitrogens is 3. The van der Waals surface area contributed by atoms with Crippen molar-refractivity contribution in [1.29, 1.82) is 0 Å². The second-order valence-corrected chi connectivity index (χ2v) is 5.69. The van der Waals surface area contributed by atoms with E-state index in [1.165, 1.54) is 7.11 Å². The number of halogens is 1. The minimum atomic E-state index is -0.398. The van der Waals surface area contributed by atoms with Crippen molar-refractivity contribution in [2.75, 3.05) is 13.7 Å². The van der Waals surface area contributed by atoms with Crippen LogP contribution in [0.4, 0.5) is 4.79 Å². The van der Waals surface area contributed by atoms with Crippen LogP contribution in [0.15, 0.2) is 24.5 Å². The maximum atomic E-state index is 12.2. The second-order valence-electron chi connectivity index (χ2n) is 5.30. The number of ether oxygens (including phenoxy) is 1. The molecular formula is C15H16ClN5O3. The summed E-state index contributed by atoms with van der Waals surface area (Å²) < 4.78 is 6.58. The smallest absolute Gasteiger partial charge is 0.409 e. The number of amides is 2. The molecule has 0 fully saturated rings. The van der Waals surface area contributed by atoms with Crippen LogP contribution in [0.5, 0.6) is 0 Å². The van der Waals surface area contributed by atoms with Gasteiger partial charge in [0.05, 0.1) is 13.7 Å². The quantitative estimate of drug-likeness (QED) is 0.847. The van der Waals surface area contributed by atoms with E-state index < -0.39 is 6.09 Å². The Bertz CT molecular complexity index is 759. The standard InChI is InChI=1S/C15H16ClN5O3/c1-24-15(23)21-5-4-20-8-11(19-13(20)9-21)14(22)18-7-10-2-3-12(16)17-6-10/h2-3,6,8H,4-5,7,9H2,1H3,(H,18,22). The van der Waals surface area contributed by atoms with Gasteiger partial charge in [0.2, 0.25) is 0 Å². The molecule has 3 rings (SSSR count). The molecule has 3 heterocycles. The predicted octanol–water partition coefficient (Wildman–Crippen LogP) is 1.44. The summed E-state index contributed by atoms with van der Waals surface area (Å²) in [4.78, 5) is 33.6. The summed E-state index contributed by atoms with van der Waals surface area (Å²) in [6.45, 7) is 1.75. The lowest BCUT2D eigenvalue weighted by molar-refractivity contribution is 0.0946. The third-order valence-electron chi connectivity index (χ3n) is 3.71. The molecule has 1 aliphatic rings. The molecule has 8 nitrogen and oxygen atoms in total. The number of fused-ring (bicyclic) bond motifs is 1. The summed E-state index contributed by atoms with van der Waals surface area (Å²) in [7, 11) is 1.34. The summed E-state index contributed by atoms with van der Waals surface area (Å²) >= 11 is 5.72. The topological polar surface area (TPSA) is 89.4 Å². The van der Waals surface area contributed by atoms with Gasteiger partial charge in [-0.25, -0.2) is 14.8 Å². The number of hydrogen-bond acceptors (Lipinski definition) is 5. The molecule has 0 aromatic carbocycles. The van der Waals surface area contributed by atoms with Crippen LogP contribution in [0.3, 0.4) is 0 Å². The number of hydrogen-bond donors (Lipinski definition) is 1. The van der Waals surface area contributed by atoms with Gasteiger partial charge in [0.25, 0.3) is 5.91 Å². The lowest BCUT2D eigenvalue weighted by Crippen LogP contribution is -2.38. The first-order valence-electron chi connectivity index (χ1n) is 7.34. The van der Waals surface area contributed by atoms with Crippen molar-refractivity contribution in [2.24, 2.45) is 0 Å². The van der Waals surface area contributed by atoms with Gasteiger partial charge in [0.15, 0.2) is 0 Å². The number of methoxy groups -OCH3 is 1. The summed E-state index contributed by atoms with van der Waals surface area (Å²) in [6.07, 6.45) is 2.90. The van der Waals surface area contributed by atoms with Crippen molar-refractivity contribution in [1.82, 2.24) is 24.8 Å². The van der Waals surface area contributed by atoms with Gasteiger partial charge in [-0.05, 0) is 11.6 Å². The molecule has 126 valence electrons. The van der Waals surface area contributed by atoms with Gasteiger partial charge in [0.1, 0.15) is 16.7 Å². The Morgan fingerprint density at radius 2 is 2.21 bits per heavy atom. The van der Waals surface area contributed by atoms with Crippen molar-refractivity contribution >= 4 is 23.6 Å². The molecule has 24 heavy (non-hydrogen) atoms. The number of nitrogens with one attached hydrogen (secondary N) is 1. The molecule has 0 aliphatic carbocycles. The fraction of sp³-hybridized carbons (Fsp3) is 0.333. The van der Waals surface area contributed by atoms with Crippen LogP contribution in [-0.2, 0) is 24.4 Å². The maximum Gasteiger partial charge on any atom is 0.409 e. The van der Waals surface area contributed by atoms with Gasteiger partial charge in [-0.2, -0.15) is 0 Å². The number of carbonyl (C=O) groups is 2. The largest absolute Gasteiger partial charge is 0.453 e. The van der Waals surface area contributed by atoms with Crippen molar-refractivity contribution in [3.63, 3.8) is 0 Å². The first-order valence-corrected chi connectivity index (χ1v) is 7.72. The first-order chi connectivity index (χ1) is 11.6. The zero-order chi connectivity index (χ0) is 17.1. The summed E-state index contributed by atoms with van der Waals surface area (Å²) in [5.41, 5.74) is 1.16. The molecule has 9 heteroatoms. The van der Waals surface area contributed by atoms with E-state index in [9.17, 15) is 9.59 Å². The average Bonchev–Trinajstić information content (AvgIpc) is 3.03. The maximum absolute atomic E-state index is 12.2. The van der Waals surface area contributed by atoms with Crippen LogP contribution in [0.1, 0.15) is 21.9 Å². The van der Waals surface area contributed by atoms with Crippen molar-refractivity contribution in [3.8, 4) is 0 Å². The molecule has 2 amide bonds. The zero-order valence-corrected chi connectivity index (χ0v) is 13.8. The van der Waals surface area contributed by atoms with Gasteiger partial charge in [-0.1, -0.05) is 17.7 Å². The number of nitrogens with zero attached hydrogens (tertiary/aromatic N) is 4. The summed E-state index contributed by atoms with van der Waals surface area (Å²) in [5, 5.41) is 3.19. The van der Waals surface area contributed by atoms with Crippen LogP contribution in [0.25, 0.3) is 0 Å². The van der Waals surface area contributed by atoms with Gasteiger partial charge < -0.3 is 14.6 Å². The van der Waals surface area contributed by atoms with Gasteiger partial charge in [0, 0.05) is 32.0 Å². The van der Waals surface area contributed by atoms with Crippen LogP contribution >= 0.6 is 11.6 Å². The zero-order valence-electron chi connectivity index (χ0n) is 13.0. The van der Waals surface area contributed by atoms with Crippen LogP contribution < -0.4 is 5.32 Å². The lowest BCUT2D eigenvalue weighted by atomic mass is 10.3. The lowest BCUT2D eigenvalue weighted by Gasteiger charge is -2.26. The molecular weight excluding hydrogens is 334 g/mol. The van der Waals surface area contributed by atoms with E-state index in [0.29, 0.717) is 42.9 Å². The molecule has 0 saturated heterocycles. The van der Waals surface area contributed by atoms with Gasteiger partial charge in [-0.15, -0.1) is 0 Å². The summed E-state index contributed by atoms with van der Waals surface area (Å²) in [6, 6.07) is 3.46. The molecule has 0 bridgehead atoms. The monoisotopic (exact) mass is 349 g/mol. The molecule has 0 radical (unpaired) electrons. The van der Waals surface area contributed by atoms with Crippen molar-refractivity contribution in [3.05, 3.63) is 46.8 Å². The highest BCUT2D eigenvalue weighted by atomic mass is 35.5. The van der Waals surface area contributed by atoms with E-state index >= 15 is 0 Å². The molecule has 0 atom stereocenters. The highest BCUT2D eigenvalue weighted by Crippen LogP contribution is 2.14. The second kappa shape index (κ2) is 6.88. The normalized spacial score (nSPS) is 13.3. The molecule has 1 N–H and O–H groups in total. The van der Waals surface area contributed by atoms with Crippen molar-refractivity contribution in [2.45, 2.75) is 19.6 Å². The van der Waals surface area contributed by atoms with E-state index in [4.69, 9.17) is 16.3 Å². The minimum Gasteiger partial charge on any atom is -0.453 e. The van der Waals surface area contributed by atoms with Crippen molar-refractivity contribution < 1.29 is 14.3 Å². The number of carbonyl (C=O) groups excluding carboxylic acids is 2.